The number of rotatable bonds is 6. The van der Waals surface area contributed by atoms with Crippen LogP contribution in [0.4, 0.5) is 23.5 Å². The van der Waals surface area contributed by atoms with E-state index < -0.39 is 0 Å². The molecule has 2 heterocycles. The lowest BCUT2D eigenvalue weighted by atomic mass is 10.2. The minimum atomic E-state index is 0.404. The van der Waals surface area contributed by atoms with Gasteiger partial charge in [0.05, 0.1) is 6.21 Å². The Labute approximate surface area is 172 Å². The van der Waals surface area contributed by atoms with Gasteiger partial charge in [-0.3, -0.25) is 0 Å². The van der Waals surface area contributed by atoms with E-state index in [1.165, 1.54) is 0 Å². The number of halogens is 1. The van der Waals surface area contributed by atoms with Gasteiger partial charge in [0.2, 0.25) is 17.8 Å². The molecule has 0 spiro atoms. The zero-order valence-corrected chi connectivity index (χ0v) is 16.8. The Balaban J connectivity index is 1.56. The van der Waals surface area contributed by atoms with Crippen LogP contribution in [0.5, 0.6) is 0 Å². The Kier molecular flexibility index (Phi) is 5.77. The van der Waals surface area contributed by atoms with Crippen molar-refractivity contribution in [3.63, 3.8) is 0 Å². The second kappa shape index (κ2) is 8.79. The average Bonchev–Trinajstić information content (AvgIpc) is 3.24. The predicted octanol–water partition coefficient (Wildman–Crippen LogP) is 4.42. The Morgan fingerprint density at radius 3 is 2.50 bits per heavy atom. The summed E-state index contributed by atoms with van der Waals surface area (Å²) >= 11 is 3.46. The number of hydrogen-bond acceptors (Lipinski definition) is 7. The highest BCUT2D eigenvalue weighted by Gasteiger charge is 2.17. The number of anilines is 4. The minimum Gasteiger partial charge on any atom is -0.341 e. The summed E-state index contributed by atoms with van der Waals surface area (Å²) in [5.74, 6) is 1.55. The molecule has 0 radical (unpaired) electrons. The average molecular weight is 438 g/mol. The van der Waals surface area contributed by atoms with E-state index in [4.69, 9.17) is 0 Å². The lowest BCUT2D eigenvalue weighted by molar-refractivity contribution is 0.883. The summed E-state index contributed by atoms with van der Waals surface area (Å²) in [6, 6.07) is 17.7. The van der Waals surface area contributed by atoms with Crippen LogP contribution in [0.25, 0.3) is 0 Å². The summed E-state index contributed by atoms with van der Waals surface area (Å²) in [4.78, 5) is 15.7. The molecule has 2 aromatic carbocycles. The molecule has 1 saturated heterocycles. The van der Waals surface area contributed by atoms with E-state index in [2.05, 4.69) is 51.6 Å². The number of hydrogen-bond donors (Lipinski definition) is 2. The number of benzene rings is 2. The lowest BCUT2D eigenvalue weighted by Gasteiger charge is -2.16. The normalized spacial score (nSPS) is 13.8. The van der Waals surface area contributed by atoms with Gasteiger partial charge in [0.1, 0.15) is 0 Å². The fourth-order valence-corrected chi connectivity index (χ4v) is 3.35. The molecule has 7 nitrogen and oxygen atoms in total. The second-order valence-corrected chi connectivity index (χ2v) is 7.31. The van der Waals surface area contributed by atoms with Gasteiger partial charge in [-0.1, -0.05) is 46.3 Å². The first-order chi connectivity index (χ1) is 13.8. The molecule has 1 aliphatic heterocycles. The molecule has 0 aliphatic carbocycles. The van der Waals surface area contributed by atoms with Crippen LogP contribution in [-0.2, 0) is 0 Å². The molecule has 0 unspecified atom stereocenters. The first-order valence-electron chi connectivity index (χ1n) is 9.14. The molecular formula is C20H20BrN7. The van der Waals surface area contributed by atoms with Crippen LogP contribution in [0.1, 0.15) is 18.4 Å². The van der Waals surface area contributed by atoms with Gasteiger partial charge in [-0.2, -0.15) is 20.1 Å². The summed E-state index contributed by atoms with van der Waals surface area (Å²) in [5.41, 5.74) is 4.82. The van der Waals surface area contributed by atoms with E-state index in [0.717, 1.165) is 41.7 Å². The van der Waals surface area contributed by atoms with Gasteiger partial charge in [0.15, 0.2) is 0 Å². The summed E-state index contributed by atoms with van der Waals surface area (Å²) in [7, 11) is 0. The molecule has 0 amide bonds. The van der Waals surface area contributed by atoms with Crippen LogP contribution in [0, 0.1) is 0 Å². The van der Waals surface area contributed by atoms with Crippen molar-refractivity contribution in [3.8, 4) is 0 Å². The lowest BCUT2D eigenvalue weighted by Crippen LogP contribution is -2.21. The molecule has 0 atom stereocenters. The fourth-order valence-electron chi connectivity index (χ4n) is 2.93. The molecular weight excluding hydrogens is 418 g/mol. The van der Waals surface area contributed by atoms with Gasteiger partial charge in [-0.05, 0) is 42.7 Å². The van der Waals surface area contributed by atoms with E-state index >= 15 is 0 Å². The van der Waals surface area contributed by atoms with Gasteiger partial charge in [-0.25, -0.2) is 5.43 Å². The van der Waals surface area contributed by atoms with Crippen molar-refractivity contribution >= 4 is 45.7 Å². The monoisotopic (exact) mass is 437 g/mol. The number of nitrogens with one attached hydrogen (secondary N) is 2. The van der Waals surface area contributed by atoms with Gasteiger partial charge in [0.25, 0.3) is 0 Å². The number of aromatic nitrogens is 3. The van der Waals surface area contributed by atoms with Crippen molar-refractivity contribution < 1.29 is 0 Å². The van der Waals surface area contributed by atoms with Crippen molar-refractivity contribution in [1.29, 1.82) is 0 Å². The zero-order valence-electron chi connectivity index (χ0n) is 15.2. The van der Waals surface area contributed by atoms with Crippen LogP contribution in [0.2, 0.25) is 0 Å². The molecule has 1 aromatic heterocycles. The van der Waals surface area contributed by atoms with Crippen LogP contribution in [0.15, 0.2) is 64.2 Å². The molecule has 142 valence electrons. The standard InChI is InChI=1S/C20H20BrN7/c21-16-8-6-7-15(13-16)14-22-27-19-24-18(23-17-9-2-1-3-10-17)25-20(26-19)28-11-4-5-12-28/h1-3,6-10,13-14H,4-5,11-12H2,(H2,23,24,25,26,27)/b22-14+. The van der Waals surface area contributed by atoms with E-state index in [1.807, 2.05) is 54.6 Å². The highest BCUT2D eigenvalue weighted by Crippen LogP contribution is 2.20. The SMILES string of the molecule is Brc1cccc(/C=N/Nc2nc(Nc3ccccc3)nc(N3CCCC3)n2)c1. The quantitative estimate of drug-likeness (QED) is 0.438. The number of hydrazone groups is 1. The smallest absolute Gasteiger partial charge is 0.250 e. The molecule has 4 rings (SSSR count). The van der Waals surface area contributed by atoms with E-state index in [9.17, 15) is 0 Å². The summed E-state index contributed by atoms with van der Waals surface area (Å²) < 4.78 is 1.00. The highest BCUT2D eigenvalue weighted by molar-refractivity contribution is 9.10. The maximum atomic E-state index is 4.58. The molecule has 0 bridgehead atoms. The maximum Gasteiger partial charge on any atom is 0.250 e. The summed E-state index contributed by atoms with van der Waals surface area (Å²) in [5, 5.41) is 7.51. The van der Waals surface area contributed by atoms with Gasteiger partial charge >= 0.3 is 0 Å². The van der Waals surface area contributed by atoms with Gasteiger partial charge in [0, 0.05) is 23.2 Å². The van der Waals surface area contributed by atoms with E-state index in [-0.39, 0.29) is 0 Å². The largest absolute Gasteiger partial charge is 0.341 e. The molecule has 28 heavy (non-hydrogen) atoms. The van der Waals surface area contributed by atoms with Gasteiger partial charge in [-0.15, -0.1) is 0 Å². The van der Waals surface area contributed by atoms with Crippen molar-refractivity contribution in [2.24, 2.45) is 5.10 Å². The van der Waals surface area contributed by atoms with Gasteiger partial charge < -0.3 is 10.2 Å². The molecule has 1 aliphatic rings. The van der Waals surface area contributed by atoms with E-state index in [0.29, 0.717) is 17.8 Å². The molecule has 1 fully saturated rings. The van der Waals surface area contributed by atoms with Crippen molar-refractivity contribution in [3.05, 3.63) is 64.6 Å². The Hall–Kier alpha value is -3.00. The van der Waals surface area contributed by atoms with E-state index in [1.54, 1.807) is 6.21 Å². The van der Waals surface area contributed by atoms with Crippen molar-refractivity contribution in [2.75, 3.05) is 28.7 Å². The molecule has 3 aromatic rings. The third-order valence-corrected chi connectivity index (χ3v) is 4.76. The minimum absolute atomic E-state index is 0.404. The van der Waals surface area contributed by atoms with Crippen LogP contribution in [-0.4, -0.2) is 34.3 Å². The Bertz CT molecular complexity index is 956. The predicted molar refractivity (Wildman–Crippen MR) is 116 cm³/mol. The maximum absolute atomic E-state index is 4.58. The highest BCUT2D eigenvalue weighted by atomic mass is 79.9. The first kappa shape index (κ1) is 18.4. The summed E-state index contributed by atoms with van der Waals surface area (Å²) in [6.45, 7) is 1.91. The van der Waals surface area contributed by atoms with Crippen LogP contribution < -0.4 is 15.6 Å². The number of para-hydroxylation sites is 1. The summed E-state index contributed by atoms with van der Waals surface area (Å²) in [6.07, 6.45) is 4.03. The number of nitrogens with zero attached hydrogens (tertiary/aromatic N) is 5. The Morgan fingerprint density at radius 2 is 1.71 bits per heavy atom. The zero-order chi connectivity index (χ0) is 19.2. The van der Waals surface area contributed by atoms with Crippen molar-refractivity contribution in [1.82, 2.24) is 15.0 Å². The topological polar surface area (TPSA) is 78.3 Å². The van der Waals surface area contributed by atoms with Crippen LogP contribution >= 0.6 is 15.9 Å². The van der Waals surface area contributed by atoms with Crippen LogP contribution in [0.3, 0.4) is 0 Å². The fraction of sp³-hybridized carbons (Fsp3) is 0.200. The second-order valence-electron chi connectivity index (χ2n) is 6.39. The molecule has 0 saturated carbocycles. The first-order valence-corrected chi connectivity index (χ1v) is 9.93. The molecule has 8 heteroatoms. The van der Waals surface area contributed by atoms with Crippen molar-refractivity contribution in [2.45, 2.75) is 12.8 Å². The third-order valence-electron chi connectivity index (χ3n) is 4.27. The third kappa shape index (κ3) is 4.83. The Morgan fingerprint density at radius 1 is 0.929 bits per heavy atom. The molecule has 2 N–H and O–H groups in total.